The number of aryl methyl sites for hydroxylation is 1. The van der Waals surface area contributed by atoms with Crippen LogP contribution >= 0.6 is 0 Å². The number of aliphatic hydroxyl groups excluding tert-OH is 1. The molecule has 24 heavy (non-hydrogen) atoms. The molecule has 0 bridgehead atoms. The van der Waals surface area contributed by atoms with E-state index >= 15 is 0 Å². The van der Waals surface area contributed by atoms with Crippen LogP contribution in [0.4, 0.5) is 4.39 Å². The van der Waals surface area contributed by atoms with Gasteiger partial charge in [0.25, 0.3) is 0 Å². The number of allylic oxidation sites excluding steroid dienone is 2. The third-order valence-electron chi connectivity index (χ3n) is 3.86. The second-order valence-corrected chi connectivity index (χ2v) is 5.70. The molecule has 0 fully saturated rings. The number of rotatable bonds is 5. The molecule has 0 aliphatic rings. The lowest BCUT2D eigenvalue weighted by Gasteiger charge is -2.08. The van der Waals surface area contributed by atoms with Crippen molar-refractivity contribution in [3.8, 4) is 11.3 Å². The second kappa shape index (κ2) is 6.83. The Morgan fingerprint density at radius 2 is 1.71 bits per heavy atom. The maximum Gasteiger partial charge on any atom is 0.163 e. The van der Waals surface area contributed by atoms with Crippen molar-refractivity contribution in [3.05, 3.63) is 58.3 Å². The van der Waals surface area contributed by atoms with Crippen molar-refractivity contribution in [1.29, 1.82) is 0 Å². The largest absolute Gasteiger partial charge is 0.512 e. The van der Waals surface area contributed by atoms with E-state index in [1.807, 2.05) is 0 Å². The van der Waals surface area contributed by atoms with E-state index < -0.39 is 0 Å². The molecule has 4 nitrogen and oxygen atoms in total. The monoisotopic (exact) mass is 330 g/mol. The number of hydrogen-bond acceptors (Lipinski definition) is 4. The SMILES string of the molecule is CC(=O)/C(Cc1c(-c2ccc(F)cc2)oc(C)c1C(C)=O)=C(/C)O. The van der Waals surface area contributed by atoms with E-state index in [1.165, 1.54) is 32.9 Å². The first-order valence-electron chi connectivity index (χ1n) is 7.51. The summed E-state index contributed by atoms with van der Waals surface area (Å²) in [4.78, 5) is 23.8. The average molecular weight is 330 g/mol. The summed E-state index contributed by atoms with van der Waals surface area (Å²) in [6.07, 6.45) is 0.0661. The highest BCUT2D eigenvalue weighted by Crippen LogP contribution is 2.34. The van der Waals surface area contributed by atoms with Crippen LogP contribution in [0.2, 0.25) is 0 Å². The number of aliphatic hydroxyl groups is 1. The fourth-order valence-corrected chi connectivity index (χ4v) is 2.74. The number of ketones is 2. The number of halogens is 1. The number of benzene rings is 1. The molecular formula is C19H19FO4. The Hall–Kier alpha value is -2.69. The van der Waals surface area contributed by atoms with Crippen molar-refractivity contribution in [2.75, 3.05) is 0 Å². The van der Waals surface area contributed by atoms with E-state index in [2.05, 4.69) is 0 Å². The lowest BCUT2D eigenvalue weighted by molar-refractivity contribution is -0.113. The smallest absolute Gasteiger partial charge is 0.163 e. The third kappa shape index (κ3) is 3.45. The van der Waals surface area contributed by atoms with Gasteiger partial charge >= 0.3 is 0 Å². The van der Waals surface area contributed by atoms with E-state index in [0.29, 0.717) is 28.2 Å². The van der Waals surface area contributed by atoms with Gasteiger partial charge in [-0.1, -0.05) is 0 Å². The van der Waals surface area contributed by atoms with Gasteiger partial charge in [-0.05, 0) is 52.0 Å². The van der Waals surface area contributed by atoms with Gasteiger partial charge in [-0.3, -0.25) is 9.59 Å². The van der Waals surface area contributed by atoms with E-state index in [9.17, 15) is 19.1 Å². The fraction of sp³-hybridized carbons (Fsp3) is 0.263. The summed E-state index contributed by atoms with van der Waals surface area (Å²) in [5.41, 5.74) is 1.71. The Morgan fingerprint density at radius 1 is 1.12 bits per heavy atom. The summed E-state index contributed by atoms with van der Waals surface area (Å²) in [5.74, 6) is -0.133. The van der Waals surface area contributed by atoms with Crippen molar-refractivity contribution < 1.29 is 23.5 Å². The summed E-state index contributed by atoms with van der Waals surface area (Å²) < 4.78 is 18.9. The van der Waals surface area contributed by atoms with Crippen molar-refractivity contribution in [1.82, 2.24) is 0 Å². The van der Waals surface area contributed by atoms with Crippen LogP contribution in [-0.4, -0.2) is 16.7 Å². The topological polar surface area (TPSA) is 67.5 Å². The zero-order valence-electron chi connectivity index (χ0n) is 14.1. The zero-order chi connectivity index (χ0) is 18.0. The molecule has 1 heterocycles. The molecule has 0 saturated carbocycles. The van der Waals surface area contributed by atoms with Gasteiger partial charge in [0.05, 0.1) is 11.3 Å². The summed E-state index contributed by atoms with van der Waals surface area (Å²) in [6, 6.07) is 5.68. The van der Waals surface area contributed by atoms with E-state index in [0.717, 1.165) is 0 Å². The number of hydrogen-bond donors (Lipinski definition) is 1. The molecule has 0 atom stereocenters. The molecule has 2 aromatic rings. The number of Topliss-reactive ketones (excluding diaryl/α,β-unsaturated/α-hetero) is 2. The molecule has 0 aliphatic carbocycles. The first-order chi connectivity index (χ1) is 11.2. The zero-order valence-corrected chi connectivity index (χ0v) is 14.1. The Bertz CT molecular complexity index is 822. The Labute approximate surface area is 139 Å². The first-order valence-corrected chi connectivity index (χ1v) is 7.51. The van der Waals surface area contributed by atoms with Crippen molar-refractivity contribution in [3.63, 3.8) is 0 Å². The minimum Gasteiger partial charge on any atom is -0.512 e. The molecule has 126 valence electrons. The molecule has 0 saturated heterocycles. The minimum absolute atomic E-state index is 0.0661. The predicted molar refractivity (Wildman–Crippen MR) is 88.6 cm³/mol. The van der Waals surface area contributed by atoms with Crippen LogP contribution in [0.15, 0.2) is 40.0 Å². The summed E-state index contributed by atoms with van der Waals surface area (Å²) in [7, 11) is 0. The lowest BCUT2D eigenvalue weighted by Crippen LogP contribution is -2.07. The quantitative estimate of drug-likeness (QED) is 0.496. The fourth-order valence-electron chi connectivity index (χ4n) is 2.74. The molecule has 1 aromatic heterocycles. The van der Waals surface area contributed by atoms with Crippen LogP contribution in [-0.2, 0) is 11.2 Å². The first kappa shape index (κ1) is 17.7. The molecular weight excluding hydrogens is 311 g/mol. The third-order valence-corrected chi connectivity index (χ3v) is 3.86. The van der Waals surface area contributed by atoms with Gasteiger partial charge in [0.15, 0.2) is 11.6 Å². The molecule has 2 rings (SSSR count). The van der Waals surface area contributed by atoms with E-state index in [1.54, 1.807) is 19.1 Å². The van der Waals surface area contributed by atoms with Gasteiger partial charge in [0.1, 0.15) is 17.3 Å². The summed E-state index contributed by atoms with van der Waals surface area (Å²) >= 11 is 0. The molecule has 0 amide bonds. The lowest BCUT2D eigenvalue weighted by atomic mass is 9.94. The van der Waals surface area contributed by atoms with Gasteiger partial charge in [0.2, 0.25) is 0 Å². The maximum absolute atomic E-state index is 13.2. The molecule has 0 unspecified atom stereocenters. The summed E-state index contributed by atoms with van der Waals surface area (Å²) in [6.45, 7) is 5.86. The normalized spacial score (nSPS) is 12.0. The molecule has 0 spiro atoms. The van der Waals surface area contributed by atoms with Crippen molar-refractivity contribution in [2.24, 2.45) is 0 Å². The Kier molecular flexibility index (Phi) is 5.02. The number of carbonyl (C=O) groups excluding carboxylic acids is 2. The second-order valence-electron chi connectivity index (χ2n) is 5.70. The van der Waals surface area contributed by atoms with Crippen LogP contribution in [0.25, 0.3) is 11.3 Å². The molecule has 0 aliphatic heterocycles. The van der Waals surface area contributed by atoms with Gasteiger partial charge < -0.3 is 9.52 Å². The summed E-state index contributed by atoms with van der Waals surface area (Å²) in [5, 5.41) is 9.77. The highest BCUT2D eigenvalue weighted by molar-refractivity contribution is 6.00. The Morgan fingerprint density at radius 3 is 2.17 bits per heavy atom. The highest BCUT2D eigenvalue weighted by atomic mass is 19.1. The van der Waals surface area contributed by atoms with Crippen LogP contribution < -0.4 is 0 Å². The minimum atomic E-state index is -0.383. The van der Waals surface area contributed by atoms with Gasteiger partial charge in [-0.15, -0.1) is 0 Å². The number of furan rings is 1. The van der Waals surface area contributed by atoms with Crippen molar-refractivity contribution >= 4 is 11.6 Å². The van der Waals surface area contributed by atoms with Crippen LogP contribution in [0.1, 0.15) is 42.5 Å². The van der Waals surface area contributed by atoms with E-state index in [-0.39, 0.29) is 35.1 Å². The molecule has 0 radical (unpaired) electrons. The van der Waals surface area contributed by atoms with Gasteiger partial charge in [-0.2, -0.15) is 0 Å². The Balaban J connectivity index is 2.67. The average Bonchev–Trinajstić information content (AvgIpc) is 2.81. The highest BCUT2D eigenvalue weighted by Gasteiger charge is 2.24. The van der Waals surface area contributed by atoms with Gasteiger partial charge in [0, 0.05) is 23.1 Å². The number of carbonyl (C=O) groups is 2. The van der Waals surface area contributed by atoms with Crippen LogP contribution in [0, 0.1) is 12.7 Å². The molecule has 1 N–H and O–H groups in total. The van der Waals surface area contributed by atoms with Crippen LogP contribution in [0.5, 0.6) is 0 Å². The van der Waals surface area contributed by atoms with E-state index in [4.69, 9.17) is 4.42 Å². The predicted octanol–water partition coefficient (Wildman–Crippen LogP) is 4.56. The van der Waals surface area contributed by atoms with Crippen molar-refractivity contribution in [2.45, 2.75) is 34.1 Å². The maximum atomic E-state index is 13.2. The molecule has 1 aromatic carbocycles. The van der Waals surface area contributed by atoms with Gasteiger partial charge in [-0.25, -0.2) is 4.39 Å². The molecule has 5 heteroatoms. The standard InChI is InChI=1S/C19H19FO4/c1-10(21)16(11(2)22)9-17-18(12(3)23)13(4)24-19(17)14-5-7-15(20)8-6-14/h5-8,21H,9H2,1-4H3/b16-10-. The van der Waals surface area contributed by atoms with Crippen LogP contribution in [0.3, 0.4) is 0 Å².